The fraction of sp³-hybridized carbons (Fsp3) is 0.792. The average molecular weight is 465 g/mol. The number of thiazole rings is 1. The second kappa shape index (κ2) is 9.77. The van der Waals surface area contributed by atoms with Crippen molar-refractivity contribution in [2.24, 2.45) is 23.2 Å². The van der Waals surface area contributed by atoms with E-state index in [9.17, 15) is 14.7 Å². The van der Waals surface area contributed by atoms with Gasteiger partial charge in [0.15, 0.2) is 5.13 Å². The van der Waals surface area contributed by atoms with Crippen LogP contribution in [-0.4, -0.2) is 71.5 Å². The Labute approximate surface area is 196 Å². The Bertz CT molecular complexity index is 837. The number of aromatic nitrogens is 1. The van der Waals surface area contributed by atoms with Crippen LogP contribution in [0.1, 0.15) is 63.9 Å². The summed E-state index contributed by atoms with van der Waals surface area (Å²) >= 11 is 1.57. The molecule has 2 aliphatic carbocycles. The Balaban J connectivity index is 1.82. The highest BCUT2D eigenvalue weighted by Crippen LogP contribution is 2.57. The number of aliphatic hydroxyl groups excluding tert-OH is 1. The lowest BCUT2D eigenvalue weighted by molar-refractivity contribution is -0.144. The van der Waals surface area contributed by atoms with Gasteiger partial charge in [-0.2, -0.15) is 0 Å². The third-order valence-corrected chi connectivity index (χ3v) is 8.72. The predicted molar refractivity (Wildman–Crippen MR) is 129 cm³/mol. The molecular formula is C24H40N4O3S. The molecule has 0 bridgehead atoms. The highest BCUT2D eigenvalue weighted by molar-refractivity contribution is 7.15. The van der Waals surface area contributed by atoms with Gasteiger partial charge < -0.3 is 20.2 Å². The van der Waals surface area contributed by atoms with E-state index in [1.165, 1.54) is 4.88 Å². The lowest BCUT2D eigenvalue weighted by atomic mass is 9.53. The minimum absolute atomic E-state index is 0.0300. The molecule has 1 saturated carbocycles. The standard InChI is InChI=1S/C24H40N4O3S/c1-8-28(9-2)22(31)14(3)16-10-11-24(5)12-17-20(15(4)19(24)21(16)30)26-23(32-17)25-18(29)13-27(6)7/h14-16,19,21,30H,8-13H2,1-7H3,(H,25,26,29)/t14-,15-,16-,19+,21-,24+/m0/s1. The summed E-state index contributed by atoms with van der Waals surface area (Å²) < 4.78 is 0. The molecule has 2 aliphatic rings. The molecule has 0 spiro atoms. The molecule has 2 N–H and O–H groups in total. The molecule has 1 aromatic rings. The van der Waals surface area contributed by atoms with E-state index in [-0.39, 0.29) is 40.9 Å². The number of nitrogens with one attached hydrogen (secondary N) is 1. The number of likely N-dealkylation sites (N-methyl/N-ethyl adjacent to an activating group) is 1. The molecule has 0 unspecified atom stereocenters. The maximum absolute atomic E-state index is 13.0. The summed E-state index contributed by atoms with van der Waals surface area (Å²) in [5.74, 6) is -0.0313. The zero-order valence-electron chi connectivity index (χ0n) is 20.6. The van der Waals surface area contributed by atoms with Gasteiger partial charge in [-0.15, -0.1) is 11.3 Å². The highest BCUT2D eigenvalue weighted by Gasteiger charge is 2.54. The van der Waals surface area contributed by atoms with Crippen molar-refractivity contribution in [2.75, 3.05) is 39.0 Å². The van der Waals surface area contributed by atoms with E-state index in [1.807, 2.05) is 44.7 Å². The van der Waals surface area contributed by atoms with E-state index < -0.39 is 6.10 Å². The molecule has 8 heteroatoms. The monoisotopic (exact) mass is 464 g/mol. The number of anilines is 1. The number of amides is 2. The van der Waals surface area contributed by atoms with Crippen LogP contribution in [0.5, 0.6) is 0 Å². The van der Waals surface area contributed by atoms with Gasteiger partial charge in [-0.3, -0.25) is 9.59 Å². The van der Waals surface area contributed by atoms with Crippen molar-refractivity contribution in [2.45, 2.75) is 65.9 Å². The summed E-state index contributed by atoms with van der Waals surface area (Å²) in [5, 5.41) is 15.1. The third kappa shape index (κ3) is 4.73. The summed E-state index contributed by atoms with van der Waals surface area (Å²) in [6, 6.07) is 0. The second-order valence-electron chi connectivity index (χ2n) is 10.3. The molecule has 0 radical (unpaired) electrons. The van der Waals surface area contributed by atoms with Crippen molar-refractivity contribution >= 4 is 28.3 Å². The van der Waals surface area contributed by atoms with Gasteiger partial charge in [0.25, 0.3) is 0 Å². The Hall–Kier alpha value is -1.51. The third-order valence-electron chi connectivity index (χ3n) is 7.74. The normalized spacial score (nSPS) is 30.4. The first-order valence-corrected chi connectivity index (χ1v) is 12.7. The molecule has 1 heterocycles. The Morgan fingerprint density at radius 1 is 1.31 bits per heavy atom. The summed E-state index contributed by atoms with van der Waals surface area (Å²) in [6.07, 6.45) is 2.16. The van der Waals surface area contributed by atoms with Gasteiger partial charge in [0.05, 0.1) is 18.3 Å². The topological polar surface area (TPSA) is 85.8 Å². The van der Waals surface area contributed by atoms with Crippen molar-refractivity contribution in [1.29, 1.82) is 0 Å². The van der Waals surface area contributed by atoms with E-state index in [0.717, 1.165) is 25.0 Å². The zero-order chi connectivity index (χ0) is 23.8. The number of carbonyl (C=O) groups is 2. The lowest BCUT2D eigenvalue weighted by Crippen LogP contribution is -2.53. The van der Waals surface area contributed by atoms with Crippen LogP contribution < -0.4 is 5.32 Å². The van der Waals surface area contributed by atoms with Crippen LogP contribution >= 0.6 is 11.3 Å². The van der Waals surface area contributed by atoms with E-state index in [2.05, 4.69) is 19.2 Å². The van der Waals surface area contributed by atoms with Gasteiger partial charge in [0, 0.05) is 29.8 Å². The van der Waals surface area contributed by atoms with Crippen LogP contribution in [0.3, 0.4) is 0 Å². The average Bonchev–Trinajstić information content (AvgIpc) is 3.09. The van der Waals surface area contributed by atoms with Crippen molar-refractivity contribution in [3.63, 3.8) is 0 Å². The minimum atomic E-state index is -0.542. The second-order valence-corrected chi connectivity index (χ2v) is 11.3. The molecular weight excluding hydrogens is 424 g/mol. The number of hydrogen-bond acceptors (Lipinski definition) is 6. The molecule has 180 valence electrons. The first-order chi connectivity index (χ1) is 15.0. The first kappa shape index (κ1) is 25.1. The molecule has 2 amide bonds. The van der Waals surface area contributed by atoms with Gasteiger partial charge in [0.2, 0.25) is 11.8 Å². The van der Waals surface area contributed by atoms with Crippen LogP contribution in [0, 0.1) is 23.2 Å². The first-order valence-electron chi connectivity index (χ1n) is 11.9. The molecule has 3 rings (SSSR count). The Kier molecular flexibility index (Phi) is 7.67. The van der Waals surface area contributed by atoms with Crippen LogP contribution in [0.2, 0.25) is 0 Å². The molecule has 0 aromatic carbocycles. The van der Waals surface area contributed by atoms with Gasteiger partial charge in [-0.25, -0.2) is 4.98 Å². The SMILES string of the molecule is CCN(CC)C(=O)[C@@H](C)[C@@H]1CC[C@]2(C)Cc3sc(NC(=O)CN(C)C)nc3[C@@H](C)[C@@H]2[C@H]1O. The summed E-state index contributed by atoms with van der Waals surface area (Å²) in [6.45, 7) is 12.1. The molecule has 0 saturated heterocycles. The van der Waals surface area contributed by atoms with Crippen LogP contribution in [0.15, 0.2) is 0 Å². The Morgan fingerprint density at radius 3 is 2.56 bits per heavy atom. The maximum atomic E-state index is 13.0. The van der Waals surface area contributed by atoms with Crippen molar-refractivity contribution in [1.82, 2.24) is 14.8 Å². The Morgan fingerprint density at radius 2 is 1.97 bits per heavy atom. The fourth-order valence-electron chi connectivity index (χ4n) is 6.05. The summed E-state index contributed by atoms with van der Waals surface area (Å²) in [7, 11) is 3.73. The number of rotatable bonds is 7. The molecule has 1 aromatic heterocycles. The van der Waals surface area contributed by atoms with E-state index >= 15 is 0 Å². The largest absolute Gasteiger partial charge is 0.392 e. The number of nitrogens with zero attached hydrogens (tertiary/aromatic N) is 3. The lowest BCUT2D eigenvalue weighted by Gasteiger charge is -2.53. The van der Waals surface area contributed by atoms with Crippen molar-refractivity contribution in [3.05, 3.63) is 10.6 Å². The molecule has 1 fully saturated rings. The van der Waals surface area contributed by atoms with Crippen molar-refractivity contribution in [3.8, 4) is 0 Å². The molecule has 0 aliphatic heterocycles. The number of fused-ring (bicyclic) bond motifs is 2. The fourth-order valence-corrected chi connectivity index (χ4v) is 7.33. The van der Waals surface area contributed by atoms with Gasteiger partial charge >= 0.3 is 0 Å². The van der Waals surface area contributed by atoms with Crippen LogP contribution in [0.25, 0.3) is 0 Å². The number of aliphatic hydroxyl groups is 1. The maximum Gasteiger partial charge on any atom is 0.240 e. The van der Waals surface area contributed by atoms with Gasteiger partial charge in [-0.05, 0) is 64.5 Å². The predicted octanol–water partition coefficient (Wildman–Crippen LogP) is 3.20. The number of hydrogen-bond donors (Lipinski definition) is 2. The summed E-state index contributed by atoms with van der Waals surface area (Å²) in [5.41, 5.74) is 0.970. The molecule has 7 nitrogen and oxygen atoms in total. The van der Waals surface area contributed by atoms with Gasteiger partial charge in [0.1, 0.15) is 0 Å². The van der Waals surface area contributed by atoms with Crippen LogP contribution in [0.4, 0.5) is 5.13 Å². The number of carbonyl (C=O) groups excluding carboxylic acids is 2. The summed E-state index contributed by atoms with van der Waals surface area (Å²) in [4.78, 5) is 34.9. The quantitative estimate of drug-likeness (QED) is 0.647. The van der Waals surface area contributed by atoms with E-state index in [0.29, 0.717) is 24.8 Å². The molecule has 32 heavy (non-hydrogen) atoms. The smallest absolute Gasteiger partial charge is 0.240 e. The molecule has 6 atom stereocenters. The van der Waals surface area contributed by atoms with Crippen LogP contribution in [-0.2, 0) is 16.0 Å². The van der Waals surface area contributed by atoms with E-state index in [4.69, 9.17) is 4.98 Å². The van der Waals surface area contributed by atoms with Crippen molar-refractivity contribution < 1.29 is 14.7 Å². The minimum Gasteiger partial charge on any atom is -0.392 e. The zero-order valence-corrected chi connectivity index (χ0v) is 21.5. The van der Waals surface area contributed by atoms with Gasteiger partial charge in [-0.1, -0.05) is 20.8 Å². The van der Waals surface area contributed by atoms with E-state index in [1.54, 1.807) is 11.3 Å². The highest BCUT2D eigenvalue weighted by atomic mass is 32.1.